The fraction of sp³-hybridized carbons (Fsp3) is 0.600. The number of nitro groups is 1. The lowest BCUT2D eigenvalue weighted by atomic mass is 9.82. The second kappa shape index (κ2) is 4.28. The Labute approximate surface area is 92.5 Å². The van der Waals surface area contributed by atoms with Gasteiger partial charge in [0, 0.05) is 24.0 Å². The van der Waals surface area contributed by atoms with E-state index in [1.54, 1.807) is 6.07 Å². The summed E-state index contributed by atoms with van der Waals surface area (Å²) in [5.41, 5.74) is 1.02. The van der Waals surface area contributed by atoms with Crippen molar-refractivity contribution in [3.8, 4) is 0 Å². The van der Waals surface area contributed by atoms with Gasteiger partial charge in [-0.1, -0.05) is 18.3 Å². The standard InChI is InChI=1S/C10H14N2O2S/c1-7-2-9(3-7)11-5-8-4-10(12(13)14)15-6-8/h4,6-7,9,11H,2-3,5H2,1H3. The minimum absolute atomic E-state index is 0.230. The highest BCUT2D eigenvalue weighted by molar-refractivity contribution is 7.13. The van der Waals surface area contributed by atoms with Crippen molar-refractivity contribution >= 4 is 16.3 Å². The molecule has 15 heavy (non-hydrogen) atoms. The van der Waals surface area contributed by atoms with Crippen molar-refractivity contribution in [2.24, 2.45) is 5.92 Å². The molecule has 1 heterocycles. The maximum Gasteiger partial charge on any atom is 0.324 e. The molecule has 0 aliphatic heterocycles. The second-order valence-corrected chi connectivity index (χ2v) is 5.09. The molecule has 0 unspecified atom stereocenters. The maximum atomic E-state index is 10.5. The summed E-state index contributed by atoms with van der Waals surface area (Å²) >= 11 is 1.20. The second-order valence-electron chi connectivity index (χ2n) is 4.20. The van der Waals surface area contributed by atoms with Crippen molar-refractivity contribution < 1.29 is 4.92 Å². The van der Waals surface area contributed by atoms with Crippen LogP contribution in [0.25, 0.3) is 0 Å². The molecule has 1 aliphatic carbocycles. The SMILES string of the molecule is CC1CC(NCc2csc([N+](=O)[O-])c2)C1. The molecule has 0 saturated heterocycles. The van der Waals surface area contributed by atoms with Crippen LogP contribution in [0.2, 0.25) is 0 Å². The smallest absolute Gasteiger partial charge is 0.310 e. The molecule has 1 aromatic heterocycles. The van der Waals surface area contributed by atoms with Gasteiger partial charge in [0.15, 0.2) is 0 Å². The molecular weight excluding hydrogens is 212 g/mol. The number of nitrogens with zero attached hydrogens (tertiary/aromatic N) is 1. The fourth-order valence-corrected chi connectivity index (χ4v) is 2.61. The number of hydrogen-bond acceptors (Lipinski definition) is 4. The third kappa shape index (κ3) is 2.54. The lowest BCUT2D eigenvalue weighted by Gasteiger charge is -2.33. The predicted molar refractivity (Wildman–Crippen MR) is 60.0 cm³/mol. The predicted octanol–water partition coefficient (Wildman–Crippen LogP) is 2.54. The van der Waals surface area contributed by atoms with Gasteiger partial charge in [0.2, 0.25) is 0 Å². The van der Waals surface area contributed by atoms with Gasteiger partial charge in [-0.15, -0.1) is 0 Å². The van der Waals surface area contributed by atoms with Gasteiger partial charge >= 0.3 is 5.00 Å². The van der Waals surface area contributed by atoms with Crippen LogP contribution >= 0.6 is 11.3 Å². The Morgan fingerprint density at radius 2 is 2.40 bits per heavy atom. The highest BCUT2D eigenvalue weighted by Crippen LogP contribution is 2.27. The van der Waals surface area contributed by atoms with Crippen molar-refractivity contribution in [3.05, 3.63) is 27.1 Å². The lowest BCUT2D eigenvalue weighted by molar-refractivity contribution is -0.380. The maximum absolute atomic E-state index is 10.5. The number of nitrogens with one attached hydrogen (secondary N) is 1. The van der Waals surface area contributed by atoms with Gasteiger partial charge in [0.1, 0.15) is 0 Å². The minimum atomic E-state index is -0.334. The van der Waals surface area contributed by atoms with Crippen LogP contribution < -0.4 is 5.32 Å². The molecule has 5 heteroatoms. The Morgan fingerprint density at radius 3 is 2.93 bits per heavy atom. The summed E-state index contributed by atoms with van der Waals surface area (Å²) in [6.07, 6.45) is 2.46. The highest BCUT2D eigenvalue weighted by atomic mass is 32.1. The molecule has 0 radical (unpaired) electrons. The molecule has 1 fully saturated rings. The summed E-state index contributed by atoms with van der Waals surface area (Å²) < 4.78 is 0. The monoisotopic (exact) mass is 226 g/mol. The van der Waals surface area contributed by atoms with E-state index in [0.29, 0.717) is 6.04 Å². The molecular formula is C10H14N2O2S. The number of thiophene rings is 1. The Kier molecular flexibility index (Phi) is 3.02. The first-order chi connectivity index (χ1) is 7.15. The van der Waals surface area contributed by atoms with E-state index < -0.39 is 0 Å². The van der Waals surface area contributed by atoms with Crippen LogP contribution in [0.15, 0.2) is 11.4 Å². The summed E-state index contributed by atoms with van der Waals surface area (Å²) in [7, 11) is 0. The summed E-state index contributed by atoms with van der Waals surface area (Å²) in [6.45, 7) is 3.00. The van der Waals surface area contributed by atoms with Gasteiger partial charge in [0.25, 0.3) is 0 Å². The van der Waals surface area contributed by atoms with E-state index >= 15 is 0 Å². The summed E-state index contributed by atoms with van der Waals surface area (Å²) in [4.78, 5) is 10.1. The molecule has 0 amide bonds. The molecule has 0 spiro atoms. The first-order valence-corrected chi connectivity index (χ1v) is 5.98. The summed E-state index contributed by atoms with van der Waals surface area (Å²) in [6, 6.07) is 2.26. The number of hydrogen-bond donors (Lipinski definition) is 1. The number of rotatable bonds is 4. The van der Waals surface area contributed by atoms with E-state index in [1.807, 2.05) is 5.38 Å². The van der Waals surface area contributed by atoms with E-state index in [4.69, 9.17) is 0 Å². The van der Waals surface area contributed by atoms with Crippen molar-refractivity contribution in [2.45, 2.75) is 32.4 Å². The van der Waals surface area contributed by atoms with Crippen molar-refractivity contribution in [1.82, 2.24) is 5.32 Å². The van der Waals surface area contributed by atoms with Crippen LogP contribution in [0, 0.1) is 16.0 Å². The van der Waals surface area contributed by atoms with Crippen LogP contribution in [0.5, 0.6) is 0 Å². The zero-order valence-electron chi connectivity index (χ0n) is 8.60. The van der Waals surface area contributed by atoms with Crippen molar-refractivity contribution in [3.63, 3.8) is 0 Å². The van der Waals surface area contributed by atoms with Gasteiger partial charge < -0.3 is 5.32 Å². The Morgan fingerprint density at radius 1 is 1.67 bits per heavy atom. The Bertz CT molecular complexity index is 358. The third-order valence-corrected chi connectivity index (χ3v) is 3.72. The molecule has 1 N–H and O–H groups in total. The molecule has 1 aromatic rings. The van der Waals surface area contributed by atoms with Crippen molar-refractivity contribution in [2.75, 3.05) is 0 Å². The Balaban J connectivity index is 1.81. The molecule has 82 valence electrons. The van der Waals surface area contributed by atoms with Crippen LogP contribution in [-0.4, -0.2) is 11.0 Å². The lowest BCUT2D eigenvalue weighted by Crippen LogP contribution is -2.39. The highest BCUT2D eigenvalue weighted by Gasteiger charge is 2.24. The van der Waals surface area contributed by atoms with E-state index in [1.165, 1.54) is 24.2 Å². The van der Waals surface area contributed by atoms with Gasteiger partial charge in [-0.2, -0.15) is 0 Å². The molecule has 4 nitrogen and oxygen atoms in total. The summed E-state index contributed by atoms with van der Waals surface area (Å²) in [5, 5.41) is 15.9. The van der Waals surface area contributed by atoms with E-state index in [2.05, 4.69) is 12.2 Å². The molecule has 0 atom stereocenters. The average Bonchev–Trinajstić information content (AvgIpc) is 2.59. The van der Waals surface area contributed by atoms with Crippen LogP contribution in [0.4, 0.5) is 5.00 Å². The topological polar surface area (TPSA) is 55.2 Å². The van der Waals surface area contributed by atoms with Gasteiger partial charge in [-0.3, -0.25) is 10.1 Å². The van der Waals surface area contributed by atoms with Gasteiger partial charge in [0.05, 0.1) is 4.92 Å². The molecule has 1 saturated carbocycles. The fourth-order valence-electron chi connectivity index (χ4n) is 1.88. The first-order valence-electron chi connectivity index (χ1n) is 5.10. The zero-order chi connectivity index (χ0) is 10.8. The van der Waals surface area contributed by atoms with E-state index in [9.17, 15) is 10.1 Å². The minimum Gasteiger partial charge on any atom is -0.310 e. The Hall–Kier alpha value is -0.940. The largest absolute Gasteiger partial charge is 0.324 e. The molecule has 0 aromatic carbocycles. The van der Waals surface area contributed by atoms with Crippen LogP contribution in [0.3, 0.4) is 0 Å². The summed E-state index contributed by atoms with van der Waals surface area (Å²) in [5.74, 6) is 0.833. The zero-order valence-corrected chi connectivity index (χ0v) is 9.42. The van der Waals surface area contributed by atoms with E-state index in [-0.39, 0.29) is 9.92 Å². The third-order valence-electron chi connectivity index (χ3n) is 2.79. The van der Waals surface area contributed by atoms with Gasteiger partial charge in [-0.25, -0.2) is 0 Å². The molecule has 2 rings (SSSR count). The van der Waals surface area contributed by atoms with Gasteiger partial charge in [-0.05, 0) is 24.3 Å². The average molecular weight is 226 g/mol. The van der Waals surface area contributed by atoms with Crippen LogP contribution in [-0.2, 0) is 6.54 Å². The molecule has 1 aliphatic rings. The van der Waals surface area contributed by atoms with E-state index in [0.717, 1.165) is 18.0 Å². The van der Waals surface area contributed by atoms with Crippen LogP contribution in [0.1, 0.15) is 25.3 Å². The quantitative estimate of drug-likeness (QED) is 0.634. The normalized spacial score (nSPS) is 24.9. The first kappa shape index (κ1) is 10.6. The van der Waals surface area contributed by atoms with Crippen molar-refractivity contribution in [1.29, 1.82) is 0 Å². The molecule has 0 bridgehead atoms.